The number of nitrogens with one attached hydrogen (secondary N) is 2. The van der Waals surface area contributed by atoms with Gasteiger partial charge in [-0.15, -0.1) is 0 Å². The lowest BCUT2D eigenvalue weighted by Crippen LogP contribution is -2.44. The SMILES string of the molecule is CN1CCCCC[C@H]1C(=O)NCc1cc(C(C)(C)C)n[nH]1. The zero-order valence-electron chi connectivity index (χ0n) is 13.7. The van der Waals surface area contributed by atoms with Crippen molar-refractivity contribution in [3.05, 3.63) is 17.5 Å². The third-order valence-electron chi connectivity index (χ3n) is 4.18. The molecule has 21 heavy (non-hydrogen) atoms. The summed E-state index contributed by atoms with van der Waals surface area (Å²) in [6.45, 7) is 7.92. The maximum absolute atomic E-state index is 12.4. The largest absolute Gasteiger partial charge is 0.349 e. The number of aromatic nitrogens is 2. The summed E-state index contributed by atoms with van der Waals surface area (Å²) in [5, 5.41) is 10.4. The molecule has 1 saturated heterocycles. The summed E-state index contributed by atoms with van der Waals surface area (Å²) in [5.74, 6) is 0.131. The van der Waals surface area contributed by atoms with Gasteiger partial charge in [-0.05, 0) is 32.5 Å². The molecule has 1 fully saturated rings. The van der Waals surface area contributed by atoms with E-state index in [1.165, 1.54) is 12.8 Å². The van der Waals surface area contributed by atoms with E-state index in [-0.39, 0.29) is 17.4 Å². The number of nitrogens with zero attached hydrogens (tertiary/aromatic N) is 2. The molecule has 0 spiro atoms. The zero-order valence-corrected chi connectivity index (χ0v) is 13.7. The van der Waals surface area contributed by atoms with Crippen LogP contribution in [0.25, 0.3) is 0 Å². The van der Waals surface area contributed by atoms with Gasteiger partial charge in [0.15, 0.2) is 0 Å². The van der Waals surface area contributed by atoms with Crippen LogP contribution in [0.15, 0.2) is 6.07 Å². The Morgan fingerprint density at radius 2 is 2.19 bits per heavy atom. The Morgan fingerprint density at radius 1 is 1.43 bits per heavy atom. The molecule has 2 rings (SSSR count). The molecule has 2 N–H and O–H groups in total. The first kappa shape index (κ1) is 16.0. The number of amides is 1. The van der Waals surface area contributed by atoms with Crippen molar-refractivity contribution in [3.63, 3.8) is 0 Å². The maximum Gasteiger partial charge on any atom is 0.237 e. The first-order valence-electron chi connectivity index (χ1n) is 7.90. The molecule has 5 nitrogen and oxygen atoms in total. The van der Waals surface area contributed by atoms with Crippen molar-refractivity contribution in [2.45, 2.75) is 64.5 Å². The maximum atomic E-state index is 12.4. The van der Waals surface area contributed by atoms with Crippen LogP contribution in [0.2, 0.25) is 0 Å². The van der Waals surface area contributed by atoms with Crippen molar-refractivity contribution in [1.82, 2.24) is 20.4 Å². The summed E-state index contributed by atoms with van der Waals surface area (Å²) in [6.07, 6.45) is 4.51. The average Bonchev–Trinajstić information content (AvgIpc) is 2.79. The van der Waals surface area contributed by atoms with E-state index >= 15 is 0 Å². The lowest BCUT2D eigenvalue weighted by atomic mass is 9.92. The molecule has 0 radical (unpaired) electrons. The highest BCUT2D eigenvalue weighted by atomic mass is 16.2. The number of carbonyl (C=O) groups is 1. The molecule has 2 heterocycles. The van der Waals surface area contributed by atoms with E-state index in [0.29, 0.717) is 6.54 Å². The van der Waals surface area contributed by atoms with Gasteiger partial charge in [-0.2, -0.15) is 5.10 Å². The van der Waals surface area contributed by atoms with Crippen LogP contribution in [0.5, 0.6) is 0 Å². The predicted molar refractivity (Wildman–Crippen MR) is 84.0 cm³/mol. The van der Waals surface area contributed by atoms with Crippen molar-refractivity contribution < 1.29 is 4.79 Å². The molecule has 0 aliphatic carbocycles. The minimum Gasteiger partial charge on any atom is -0.349 e. The van der Waals surface area contributed by atoms with Gasteiger partial charge in [0.1, 0.15) is 0 Å². The third kappa shape index (κ3) is 4.30. The van der Waals surface area contributed by atoms with E-state index in [0.717, 1.165) is 30.8 Å². The fourth-order valence-corrected chi connectivity index (χ4v) is 2.72. The van der Waals surface area contributed by atoms with E-state index < -0.39 is 0 Å². The summed E-state index contributed by atoms with van der Waals surface area (Å²) in [6, 6.07) is 2.05. The lowest BCUT2D eigenvalue weighted by molar-refractivity contribution is -0.126. The Labute approximate surface area is 127 Å². The van der Waals surface area contributed by atoms with Gasteiger partial charge in [0.2, 0.25) is 5.91 Å². The average molecular weight is 292 g/mol. The van der Waals surface area contributed by atoms with Crippen LogP contribution in [0.4, 0.5) is 0 Å². The topological polar surface area (TPSA) is 61.0 Å². The van der Waals surface area contributed by atoms with Gasteiger partial charge >= 0.3 is 0 Å². The quantitative estimate of drug-likeness (QED) is 0.898. The van der Waals surface area contributed by atoms with E-state index in [1.807, 2.05) is 13.1 Å². The Morgan fingerprint density at radius 3 is 2.86 bits per heavy atom. The molecule has 118 valence electrons. The monoisotopic (exact) mass is 292 g/mol. The first-order chi connectivity index (χ1) is 9.88. The van der Waals surface area contributed by atoms with Crippen LogP contribution in [-0.4, -0.2) is 40.6 Å². The van der Waals surface area contributed by atoms with Gasteiger partial charge in [-0.25, -0.2) is 0 Å². The molecule has 1 amide bonds. The number of H-pyrrole nitrogens is 1. The predicted octanol–water partition coefficient (Wildman–Crippen LogP) is 2.20. The Kier molecular flexibility index (Phi) is 5.04. The standard InChI is InChI=1S/C16H28N4O/c1-16(2,3)14-10-12(18-19-14)11-17-15(21)13-8-6-5-7-9-20(13)4/h10,13H,5-9,11H2,1-4H3,(H,17,21)(H,18,19)/t13-/m0/s1. The van der Waals surface area contributed by atoms with Crippen molar-refractivity contribution in [2.24, 2.45) is 0 Å². The molecule has 1 aromatic heterocycles. The minimum absolute atomic E-state index is 0.0116. The number of hydrogen-bond donors (Lipinski definition) is 2. The summed E-state index contributed by atoms with van der Waals surface area (Å²) in [5.41, 5.74) is 2.02. The molecule has 0 unspecified atom stereocenters. The van der Waals surface area contributed by atoms with Crippen LogP contribution in [0.1, 0.15) is 57.8 Å². The highest BCUT2D eigenvalue weighted by molar-refractivity contribution is 5.81. The van der Waals surface area contributed by atoms with Crippen molar-refractivity contribution in [3.8, 4) is 0 Å². The summed E-state index contributed by atoms with van der Waals surface area (Å²) in [4.78, 5) is 14.5. The van der Waals surface area contributed by atoms with Crippen LogP contribution >= 0.6 is 0 Å². The van der Waals surface area contributed by atoms with Gasteiger partial charge in [0, 0.05) is 5.41 Å². The molecular weight excluding hydrogens is 264 g/mol. The van der Waals surface area contributed by atoms with E-state index in [9.17, 15) is 4.79 Å². The fourth-order valence-electron chi connectivity index (χ4n) is 2.72. The normalized spacial score (nSPS) is 21.0. The number of aromatic amines is 1. The molecule has 1 atom stereocenters. The number of carbonyl (C=O) groups excluding carboxylic acids is 1. The Bertz CT molecular complexity index is 475. The highest BCUT2D eigenvalue weighted by Crippen LogP contribution is 2.20. The van der Waals surface area contributed by atoms with Gasteiger partial charge in [0.05, 0.1) is 24.0 Å². The minimum atomic E-state index is 0.0116. The number of hydrogen-bond acceptors (Lipinski definition) is 3. The summed E-state index contributed by atoms with van der Waals surface area (Å²) in [7, 11) is 2.05. The molecule has 0 bridgehead atoms. The number of likely N-dealkylation sites (N-methyl/N-ethyl adjacent to an activating group) is 1. The molecule has 0 saturated carbocycles. The van der Waals surface area contributed by atoms with Crippen molar-refractivity contribution in [2.75, 3.05) is 13.6 Å². The number of rotatable bonds is 3. The van der Waals surface area contributed by atoms with Crippen molar-refractivity contribution in [1.29, 1.82) is 0 Å². The van der Waals surface area contributed by atoms with Gasteiger partial charge in [0.25, 0.3) is 0 Å². The second-order valence-corrected chi connectivity index (χ2v) is 7.09. The van der Waals surface area contributed by atoms with E-state index in [4.69, 9.17) is 0 Å². The fraction of sp³-hybridized carbons (Fsp3) is 0.750. The van der Waals surface area contributed by atoms with Crippen LogP contribution in [-0.2, 0) is 16.8 Å². The van der Waals surface area contributed by atoms with Crippen LogP contribution < -0.4 is 5.32 Å². The molecule has 1 aromatic rings. The second kappa shape index (κ2) is 6.60. The summed E-state index contributed by atoms with van der Waals surface area (Å²) < 4.78 is 0. The lowest BCUT2D eigenvalue weighted by Gasteiger charge is -2.24. The molecular formula is C16H28N4O. The first-order valence-corrected chi connectivity index (χ1v) is 7.90. The van der Waals surface area contributed by atoms with Gasteiger partial charge < -0.3 is 5.32 Å². The van der Waals surface area contributed by atoms with Crippen LogP contribution in [0.3, 0.4) is 0 Å². The van der Waals surface area contributed by atoms with Crippen LogP contribution in [0, 0.1) is 0 Å². The highest BCUT2D eigenvalue weighted by Gasteiger charge is 2.24. The second-order valence-electron chi connectivity index (χ2n) is 7.09. The molecule has 1 aliphatic rings. The third-order valence-corrected chi connectivity index (χ3v) is 4.18. The summed E-state index contributed by atoms with van der Waals surface area (Å²) >= 11 is 0. The smallest absolute Gasteiger partial charge is 0.237 e. The molecule has 0 aromatic carbocycles. The molecule has 1 aliphatic heterocycles. The Balaban J connectivity index is 1.90. The molecule has 5 heteroatoms. The van der Waals surface area contributed by atoms with Gasteiger partial charge in [-0.1, -0.05) is 33.6 Å². The Hall–Kier alpha value is -1.36. The van der Waals surface area contributed by atoms with Crippen molar-refractivity contribution >= 4 is 5.91 Å². The number of likely N-dealkylation sites (tertiary alicyclic amines) is 1. The zero-order chi connectivity index (χ0) is 15.5. The van der Waals surface area contributed by atoms with Gasteiger partial charge in [-0.3, -0.25) is 14.8 Å². The van der Waals surface area contributed by atoms with E-state index in [1.54, 1.807) is 0 Å². The van der Waals surface area contributed by atoms with E-state index in [2.05, 4.69) is 41.2 Å².